The first-order valence-corrected chi connectivity index (χ1v) is 14.6. The minimum absolute atomic E-state index is 0. The van der Waals surface area contributed by atoms with Crippen molar-refractivity contribution in [2.45, 2.75) is 16.7 Å². The molecular formula is C25H29ClF2N4O4S2. The number of benzene rings is 3. The van der Waals surface area contributed by atoms with Crippen LogP contribution in [-0.2, 0) is 20.0 Å². The van der Waals surface area contributed by atoms with Crippen LogP contribution in [-0.4, -0.2) is 61.5 Å². The highest BCUT2D eigenvalue weighted by atomic mass is 35.5. The minimum atomic E-state index is -4.26. The van der Waals surface area contributed by atoms with Gasteiger partial charge in [0.15, 0.2) is 0 Å². The molecule has 0 atom stereocenters. The minimum Gasteiger partial charge on any atom is -0.369 e. The normalized spacial score (nSPS) is 14.6. The third-order valence-corrected chi connectivity index (χ3v) is 9.39. The van der Waals surface area contributed by atoms with E-state index < -0.39 is 31.7 Å². The molecule has 1 heterocycles. The van der Waals surface area contributed by atoms with Crippen LogP contribution in [0.15, 0.2) is 76.5 Å². The van der Waals surface area contributed by atoms with Crippen molar-refractivity contribution < 1.29 is 25.6 Å². The third-order valence-electron chi connectivity index (χ3n) is 6.14. The Balaban J connectivity index is 0.00000400. The van der Waals surface area contributed by atoms with Crippen molar-refractivity contribution >= 4 is 49.5 Å². The number of hydrogen-bond acceptors (Lipinski definition) is 6. The third kappa shape index (κ3) is 6.37. The van der Waals surface area contributed by atoms with Crippen LogP contribution in [0.1, 0.15) is 6.92 Å². The Kier molecular flexibility index (Phi) is 9.24. The molecule has 4 rings (SSSR count). The second-order valence-corrected chi connectivity index (χ2v) is 12.2. The Morgan fingerprint density at radius 2 is 1.42 bits per heavy atom. The molecule has 1 fully saturated rings. The molecule has 0 aromatic heterocycles. The Labute approximate surface area is 228 Å². The lowest BCUT2D eigenvalue weighted by Gasteiger charge is -2.35. The first kappa shape index (κ1) is 29.6. The highest BCUT2D eigenvalue weighted by Gasteiger charge is 2.29. The van der Waals surface area contributed by atoms with E-state index in [1.165, 1.54) is 30.3 Å². The first-order valence-electron chi connectivity index (χ1n) is 11.7. The predicted molar refractivity (Wildman–Crippen MR) is 147 cm³/mol. The van der Waals surface area contributed by atoms with Gasteiger partial charge in [-0.25, -0.2) is 25.6 Å². The molecule has 1 aliphatic rings. The Morgan fingerprint density at radius 3 is 2.00 bits per heavy atom. The van der Waals surface area contributed by atoms with Gasteiger partial charge in [0.25, 0.3) is 20.0 Å². The number of piperazine rings is 1. The van der Waals surface area contributed by atoms with E-state index in [2.05, 4.69) is 14.5 Å². The SMILES string of the molecule is CCN(c1cc(N2CCN(C)CC2)ccc1NS(=O)(=O)c1cccc(F)c1)S(=O)(=O)c1cccc(F)c1.Cl. The monoisotopic (exact) mass is 586 g/mol. The van der Waals surface area contributed by atoms with Crippen LogP contribution >= 0.6 is 12.4 Å². The second-order valence-electron chi connectivity index (χ2n) is 8.68. The molecule has 8 nitrogen and oxygen atoms in total. The van der Waals surface area contributed by atoms with Crippen molar-refractivity contribution in [3.63, 3.8) is 0 Å². The lowest BCUT2D eigenvalue weighted by Crippen LogP contribution is -2.44. The van der Waals surface area contributed by atoms with Crippen molar-refractivity contribution in [3.05, 3.63) is 78.4 Å². The van der Waals surface area contributed by atoms with E-state index in [0.717, 1.165) is 41.7 Å². The number of anilines is 3. The maximum absolute atomic E-state index is 13.9. The van der Waals surface area contributed by atoms with Gasteiger partial charge in [0.05, 0.1) is 21.2 Å². The number of halogens is 3. The number of hydrogen-bond donors (Lipinski definition) is 1. The molecule has 1 saturated heterocycles. The van der Waals surface area contributed by atoms with Gasteiger partial charge in [-0.15, -0.1) is 12.4 Å². The standard InChI is InChI=1S/C25H28F2N4O4S2.ClH/c1-3-31(37(34,35)23-9-5-7-20(27)17-23)25-18-21(30-14-12-29(2)13-15-30)10-11-24(25)28-36(32,33)22-8-4-6-19(26)16-22;/h4-11,16-18,28H,3,12-15H2,1-2H3;1H. The Morgan fingerprint density at radius 1 is 0.842 bits per heavy atom. The van der Waals surface area contributed by atoms with Crippen LogP contribution in [0.3, 0.4) is 0 Å². The number of sulfonamides is 2. The average molecular weight is 587 g/mol. The highest BCUT2D eigenvalue weighted by molar-refractivity contribution is 7.93. The molecule has 0 aliphatic carbocycles. The van der Waals surface area contributed by atoms with E-state index in [0.29, 0.717) is 18.8 Å². The van der Waals surface area contributed by atoms with E-state index in [1.807, 2.05) is 7.05 Å². The molecule has 38 heavy (non-hydrogen) atoms. The van der Waals surface area contributed by atoms with Gasteiger partial charge in [-0.05, 0) is 68.6 Å². The van der Waals surface area contributed by atoms with Gasteiger partial charge in [0.1, 0.15) is 11.6 Å². The quantitative estimate of drug-likeness (QED) is 0.426. The number of nitrogens with one attached hydrogen (secondary N) is 1. The molecule has 0 bridgehead atoms. The molecule has 1 N–H and O–H groups in total. The van der Waals surface area contributed by atoms with Gasteiger partial charge in [-0.3, -0.25) is 9.03 Å². The van der Waals surface area contributed by atoms with Crippen molar-refractivity contribution in [1.82, 2.24) is 4.90 Å². The van der Waals surface area contributed by atoms with Crippen LogP contribution in [0.2, 0.25) is 0 Å². The molecule has 3 aromatic carbocycles. The second kappa shape index (κ2) is 11.9. The summed E-state index contributed by atoms with van der Waals surface area (Å²) in [6, 6.07) is 14.0. The molecule has 1 aliphatic heterocycles. The summed E-state index contributed by atoms with van der Waals surface area (Å²) in [6.45, 7) is 4.56. The molecule has 0 saturated carbocycles. The van der Waals surface area contributed by atoms with Gasteiger partial charge in [0.2, 0.25) is 0 Å². The summed E-state index contributed by atoms with van der Waals surface area (Å²) in [5, 5.41) is 0. The molecule has 0 radical (unpaired) electrons. The Hall–Kier alpha value is -2.93. The zero-order valence-electron chi connectivity index (χ0n) is 20.8. The van der Waals surface area contributed by atoms with Gasteiger partial charge in [0, 0.05) is 38.4 Å². The van der Waals surface area contributed by atoms with Crippen molar-refractivity contribution in [3.8, 4) is 0 Å². The maximum Gasteiger partial charge on any atom is 0.264 e. The topological polar surface area (TPSA) is 90.0 Å². The van der Waals surface area contributed by atoms with Crippen molar-refractivity contribution in [2.75, 3.05) is 53.7 Å². The van der Waals surface area contributed by atoms with E-state index in [9.17, 15) is 25.6 Å². The van der Waals surface area contributed by atoms with Gasteiger partial charge in [-0.1, -0.05) is 12.1 Å². The van der Waals surface area contributed by atoms with Crippen LogP contribution in [0.4, 0.5) is 25.8 Å². The fraction of sp³-hybridized carbons (Fsp3) is 0.280. The van der Waals surface area contributed by atoms with Crippen LogP contribution in [0.5, 0.6) is 0 Å². The number of rotatable bonds is 8. The molecule has 206 valence electrons. The van der Waals surface area contributed by atoms with E-state index in [1.54, 1.807) is 19.1 Å². The lowest BCUT2D eigenvalue weighted by molar-refractivity contribution is 0.313. The summed E-state index contributed by atoms with van der Waals surface area (Å²) < 4.78 is 84.5. The summed E-state index contributed by atoms with van der Waals surface area (Å²) >= 11 is 0. The van der Waals surface area contributed by atoms with Gasteiger partial charge in [-0.2, -0.15) is 0 Å². The molecular weight excluding hydrogens is 558 g/mol. The van der Waals surface area contributed by atoms with Crippen molar-refractivity contribution in [1.29, 1.82) is 0 Å². The van der Waals surface area contributed by atoms with Crippen LogP contribution in [0, 0.1) is 11.6 Å². The molecule has 0 unspecified atom stereocenters. The number of likely N-dealkylation sites (N-methyl/N-ethyl adjacent to an activating group) is 1. The van der Waals surface area contributed by atoms with E-state index >= 15 is 0 Å². The van der Waals surface area contributed by atoms with E-state index in [4.69, 9.17) is 0 Å². The summed E-state index contributed by atoms with van der Waals surface area (Å²) in [5.41, 5.74) is 0.775. The average Bonchev–Trinajstić information content (AvgIpc) is 2.85. The highest BCUT2D eigenvalue weighted by Crippen LogP contribution is 2.36. The first-order chi connectivity index (χ1) is 17.5. The van der Waals surface area contributed by atoms with Gasteiger partial charge < -0.3 is 9.80 Å². The summed E-state index contributed by atoms with van der Waals surface area (Å²) in [6.07, 6.45) is 0. The molecule has 3 aromatic rings. The molecule has 0 spiro atoms. The smallest absolute Gasteiger partial charge is 0.264 e. The fourth-order valence-corrected chi connectivity index (χ4v) is 6.76. The van der Waals surface area contributed by atoms with Crippen LogP contribution in [0.25, 0.3) is 0 Å². The van der Waals surface area contributed by atoms with E-state index in [-0.39, 0.29) is 40.1 Å². The fourth-order valence-electron chi connectivity index (χ4n) is 4.14. The summed E-state index contributed by atoms with van der Waals surface area (Å²) in [5.74, 6) is -1.44. The maximum atomic E-state index is 13.9. The summed E-state index contributed by atoms with van der Waals surface area (Å²) in [7, 11) is -6.50. The molecule has 13 heteroatoms. The zero-order valence-corrected chi connectivity index (χ0v) is 23.3. The number of nitrogens with zero attached hydrogens (tertiary/aromatic N) is 3. The Bertz CT molecular complexity index is 1500. The van der Waals surface area contributed by atoms with Crippen molar-refractivity contribution in [2.24, 2.45) is 0 Å². The van der Waals surface area contributed by atoms with Gasteiger partial charge >= 0.3 is 0 Å². The lowest BCUT2D eigenvalue weighted by atomic mass is 10.2. The predicted octanol–water partition coefficient (Wildman–Crippen LogP) is 4.15. The van der Waals surface area contributed by atoms with Crippen LogP contribution < -0.4 is 13.9 Å². The summed E-state index contributed by atoms with van der Waals surface area (Å²) in [4.78, 5) is 3.68. The molecule has 0 amide bonds. The zero-order chi connectivity index (χ0) is 26.8. The largest absolute Gasteiger partial charge is 0.369 e.